The Morgan fingerprint density at radius 2 is 0.780 bits per heavy atom. The Balaban J connectivity index is 1.13. The van der Waals surface area contributed by atoms with Gasteiger partial charge in [-0.1, -0.05) is 140 Å². The third-order valence-corrected chi connectivity index (χ3v) is 10.4. The summed E-state index contributed by atoms with van der Waals surface area (Å²) in [6.45, 7) is 0. The van der Waals surface area contributed by atoms with Gasteiger partial charge in [-0.2, -0.15) is 0 Å². The molecule has 0 saturated heterocycles. The van der Waals surface area contributed by atoms with Gasteiger partial charge in [-0.3, -0.25) is 0 Å². The van der Waals surface area contributed by atoms with Crippen molar-refractivity contribution in [1.82, 2.24) is 0 Å². The quantitative estimate of drug-likeness (QED) is 0.180. The molecule has 9 aromatic carbocycles. The van der Waals surface area contributed by atoms with E-state index < -0.39 is 0 Å². The van der Waals surface area contributed by atoms with Crippen LogP contribution in [0.4, 0.5) is 0 Å². The second kappa shape index (κ2) is 10.4. The molecule has 11 rings (SSSR count). The van der Waals surface area contributed by atoms with Crippen molar-refractivity contribution >= 4 is 76.2 Å². The van der Waals surface area contributed by atoms with Crippen molar-refractivity contribution in [3.05, 3.63) is 170 Å². The lowest BCUT2D eigenvalue weighted by atomic mass is 9.85. The van der Waals surface area contributed by atoms with Gasteiger partial charge < -0.3 is 8.83 Å². The summed E-state index contributed by atoms with van der Waals surface area (Å²) in [6, 6.07) is 60.9. The first kappa shape index (κ1) is 27.3. The minimum absolute atomic E-state index is 0.852. The fourth-order valence-electron chi connectivity index (χ4n) is 8.20. The minimum Gasteiger partial charge on any atom is -0.455 e. The molecule has 50 heavy (non-hydrogen) atoms. The van der Waals surface area contributed by atoms with Gasteiger partial charge in [-0.05, 0) is 90.5 Å². The molecule has 0 atom stereocenters. The van der Waals surface area contributed by atoms with Gasteiger partial charge in [0, 0.05) is 21.7 Å². The molecule has 0 amide bonds. The summed E-state index contributed by atoms with van der Waals surface area (Å²) >= 11 is 0. The van der Waals surface area contributed by atoms with E-state index in [1.165, 1.54) is 54.6 Å². The molecule has 2 nitrogen and oxygen atoms in total. The van der Waals surface area contributed by atoms with Crippen molar-refractivity contribution in [2.45, 2.75) is 0 Å². The summed E-state index contributed by atoms with van der Waals surface area (Å²) in [5, 5.41) is 11.7. The number of para-hydroxylation sites is 2. The maximum atomic E-state index is 6.59. The molecule has 232 valence electrons. The van der Waals surface area contributed by atoms with Crippen molar-refractivity contribution in [3.63, 3.8) is 0 Å². The fraction of sp³-hybridized carbons (Fsp3) is 0. The van der Waals surface area contributed by atoms with Crippen LogP contribution >= 0.6 is 0 Å². The van der Waals surface area contributed by atoms with Crippen LogP contribution in [0.25, 0.3) is 110 Å². The van der Waals surface area contributed by atoms with Crippen LogP contribution in [0.5, 0.6) is 0 Å². The largest absolute Gasteiger partial charge is 0.455 e. The lowest BCUT2D eigenvalue weighted by Gasteiger charge is -2.18. The second-order valence-electron chi connectivity index (χ2n) is 13.2. The van der Waals surface area contributed by atoms with E-state index in [0.29, 0.717) is 0 Å². The molecule has 0 spiro atoms. The number of rotatable bonds is 3. The first-order valence-corrected chi connectivity index (χ1v) is 17.1. The zero-order valence-corrected chi connectivity index (χ0v) is 27.0. The van der Waals surface area contributed by atoms with E-state index in [4.69, 9.17) is 8.83 Å². The fourth-order valence-corrected chi connectivity index (χ4v) is 8.20. The van der Waals surface area contributed by atoms with Gasteiger partial charge in [-0.15, -0.1) is 0 Å². The molecular formula is C48H28O2. The van der Waals surface area contributed by atoms with Crippen LogP contribution in [0.3, 0.4) is 0 Å². The molecule has 2 heterocycles. The lowest BCUT2D eigenvalue weighted by Crippen LogP contribution is -1.91. The Bertz CT molecular complexity index is 3080. The third kappa shape index (κ3) is 3.90. The highest BCUT2D eigenvalue weighted by Gasteiger charge is 2.21. The van der Waals surface area contributed by atoms with Crippen LogP contribution in [0.15, 0.2) is 179 Å². The molecule has 0 radical (unpaired) electrons. The third-order valence-electron chi connectivity index (χ3n) is 10.4. The van der Waals surface area contributed by atoms with Gasteiger partial charge in [0.05, 0.1) is 5.39 Å². The Morgan fingerprint density at radius 3 is 1.44 bits per heavy atom. The Morgan fingerprint density at radius 1 is 0.300 bits per heavy atom. The van der Waals surface area contributed by atoms with Gasteiger partial charge in [0.2, 0.25) is 0 Å². The zero-order valence-electron chi connectivity index (χ0n) is 27.0. The van der Waals surface area contributed by atoms with E-state index in [1.54, 1.807) is 0 Å². The van der Waals surface area contributed by atoms with E-state index in [2.05, 4.69) is 146 Å². The van der Waals surface area contributed by atoms with Crippen LogP contribution in [0, 0.1) is 0 Å². The Labute approximate surface area is 287 Å². The molecule has 0 aliphatic heterocycles. The number of hydrogen-bond acceptors (Lipinski definition) is 2. The number of fused-ring (bicyclic) bond motifs is 10. The zero-order chi connectivity index (χ0) is 32.8. The molecule has 0 saturated carbocycles. The van der Waals surface area contributed by atoms with Gasteiger partial charge >= 0.3 is 0 Å². The van der Waals surface area contributed by atoms with E-state index in [1.807, 2.05) is 24.3 Å². The molecule has 0 unspecified atom stereocenters. The molecule has 2 heteroatoms. The Kier molecular flexibility index (Phi) is 5.70. The normalized spacial score (nSPS) is 12.0. The molecule has 0 aliphatic rings. The number of benzene rings is 9. The molecule has 0 N–H and O–H groups in total. The SMILES string of the molecule is c1ccc(-c2c3ccccc3c(-c3ccc4cc(-c5cc6c7ccccc7oc6c6c5oc5ccccc56)ccc4c3)c3ccccc23)cc1. The van der Waals surface area contributed by atoms with E-state index in [-0.39, 0.29) is 0 Å². The van der Waals surface area contributed by atoms with Crippen molar-refractivity contribution in [2.24, 2.45) is 0 Å². The predicted molar refractivity (Wildman–Crippen MR) is 210 cm³/mol. The molecule has 0 aliphatic carbocycles. The molecular weight excluding hydrogens is 609 g/mol. The summed E-state index contributed by atoms with van der Waals surface area (Å²) in [5.41, 5.74) is 10.6. The Hall–Kier alpha value is -6.64. The summed E-state index contributed by atoms with van der Waals surface area (Å²) in [4.78, 5) is 0. The van der Waals surface area contributed by atoms with Crippen LogP contribution in [0.2, 0.25) is 0 Å². The monoisotopic (exact) mass is 636 g/mol. The van der Waals surface area contributed by atoms with Crippen molar-refractivity contribution in [2.75, 3.05) is 0 Å². The van der Waals surface area contributed by atoms with Crippen LogP contribution in [-0.4, -0.2) is 0 Å². The van der Waals surface area contributed by atoms with Gasteiger partial charge in [0.1, 0.15) is 22.3 Å². The summed E-state index contributed by atoms with van der Waals surface area (Å²) in [5.74, 6) is 0. The molecule has 0 fully saturated rings. The highest BCUT2D eigenvalue weighted by Crippen LogP contribution is 2.46. The summed E-state index contributed by atoms with van der Waals surface area (Å²) < 4.78 is 13.1. The highest BCUT2D eigenvalue weighted by molar-refractivity contribution is 6.26. The maximum absolute atomic E-state index is 6.59. The van der Waals surface area contributed by atoms with E-state index >= 15 is 0 Å². The predicted octanol–water partition coefficient (Wildman–Crippen LogP) is 13.9. The van der Waals surface area contributed by atoms with Crippen LogP contribution in [-0.2, 0) is 0 Å². The number of furan rings is 2. The van der Waals surface area contributed by atoms with Crippen LogP contribution in [0.1, 0.15) is 0 Å². The average Bonchev–Trinajstić information content (AvgIpc) is 3.75. The standard InChI is InChI=1S/C48H28O2/c1-2-12-29(13-3-1)44-35-15-4-6-17-37(35)45(38-18-7-5-16-36(38)44)33-25-23-30-26-32(24-22-31(30)27-33)40-28-41-34-14-8-10-20-42(34)49-48(41)46-39-19-9-11-21-43(39)50-47(40)46/h1-28H. The first-order valence-electron chi connectivity index (χ1n) is 17.1. The average molecular weight is 637 g/mol. The smallest absolute Gasteiger partial charge is 0.147 e. The van der Waals surface area contributed by atoms with Gasteiger partial charge in [-0.25, -0.2) is 0 Å². The minimum atomic E-state index is 0.852. The first-order chi connectivity index (χ1) is 24.8. The van der Waals surface area contributed by atoms with Gasteiger partial charge in [0.25, 0.3) is 0 Å². The van der Waals surface area contributed by atoms with Crippen molar-refractivity contribution in [3.8, 4) is 33.4 Å². The van der Waals surface area contributed by atoms with Crippen molar-refractivity contribution < 1.29 is 8.83 Å². The number of hydrogen-bond donors (Lipinski definition) is 0. The lowest BCUT2D eigenvalue weighted by molar-refractivity contribution is 0.663. The maximum Gasteiger partial charge on any atom is 0.147 e. The molecule has 2 aromatic heterocycles. The van der Waals surface area contributed by atoms with Crippen molar-refractivity contribution in [1.29, 1.82) is 0 Å². The van der Waals surface area contributed by atoms with E-state index in [9.17, 15) is 0 Å². The topological polar surface area (TPSA) is 26.3 Å². The second-order valence-corrected chi connectivity index (χ2v) is 13.2. The summed E-state index contributed by atoms with van der Waals surface area (Å²) in [7, 11) is 0. The van der Waals surface area contributed by atoms with Crippen LogP contribution < -0.4 is 0 Å². The van der Waals surface area contributed by atoms with Gasteiger partial charge in [0.15, 0.2) is 0 Å². The van der Waals surface area contributed by atoms with E-state index in [0.717, 1.165) is 55.0 Å². The molecule has 11 aromatic rings. The highest BCUT2D eigenvalue weighted by atomic mass is 16.3. The summed E-state index contributed by atoms with van der Waals surface area (Å²) in [6.07, 6.45) is 0. The molecule has 0 bridgehead atoms.